The predicted molar refractivity (Wildman–Crippen MR) is 102 cm³/mol. The standard InChI is InChI=1S/C17H26N4S2/c1-6-18-17(19-10-16-13(4)21-14(5)23-16)20-11(2)9-15-8-7-12(3)22-15/h7-8,11H,6,9-10H2,1-5H3,(H2,18,19,20). The fourth-order valence-electron chi connectivity index (χ4n) is 2.37. The van der Waals surface area contributed by atoms with Gasteiger partial charge in [-0.2, -0.15) is 0 Å². The fraction of sp³-hybridized carbons (Fsp3) is 0.529. The van der Waals surface area contributed by atoms with Crippen LogP contribution in [0.15, 0.2) is 17.1 Å². The van der Waals surface area contributed by atoms with Crippen molar-refractivity contribution in [1.29, 1.82) is 0 Å². The van der Waals surface area contributed by atoms with Gasteiger partial charge in [0.05, 0.1) is 17.2 Å². The van der Waals surface area contributed by atoms with Crippen LogP contribution in [0.3, 0.4) is 0 Å². The molecule has 0 aliphatic rings. The summed E-state index contributed by atoms with van der Waals surface area (Å²) >= 11 is 3.59. The Morgan fingerprint density at radius 1 is 1.26 bits per heavy atom. The number of rotatable bonds is 6. The van der Waals surface area contributed by atoms with Gasteiger partial charge in [0.15, 0.2) is 5.96 Å². The first-order valence-electron chi connectivity index (χ1n) is 8.01. The van der Waals surface area contributed by atoms with Crippen LogP contribution in [0.25, 0.3) is 0 Å². The molecule has 0 bridgehead atoms. The van der Waals surface area contributed by atoms with Gasteiger partial charge in [-0.1, -0.05) is 0 Å². The van der Waals surface area contributed by atoms with E-state index in [-0.39, 0.29) is 0 Å². The first-order valence-corrected chi connectivity index (χ1v) is 9.64. The van der Waals surface area contributed by atoms with Crippen LogP contribution in [0, 0.1) is 20.8 Å². The number of thiazole rings is 1. The maximum Gasteiger partial charge on any atom is 0.191 e. The predicted octanol–water partition coefficient (Wildman–Crippen LogP) is 3.82. The van der Waals surface area contributed by atoms with Gasteiger partial charge in [-0.15, -0.1) is 22.7 Å². The van der Waals surface area contributed by atoms with Crippen molar-refractivity contribution < 1.29 is 0 Å². The van der Waals surface area contributed by atoms with Gasteiger partial charge in [-0.05, 0) is 46.8 Å². The van der Waals surface area contributed by atoms with Crippen LogP contribution in [0.2, 0.25) is 0 Å². The molecule has 1 atom stereocenters. The molecule has 0 spiro atoms. The Hall–Kier alpha value is -1.40. The van der Waals surface area contributed by atoms with E-state index in [0.29, 0.717) is 12.6 Å². The third-order valence-electron chi connectivity index (χ3n) is 3.41. The van der Waals surface area contributed by atoms with Gasteiger partial charge in [0, 0.05) is 33.6 Å². The van der Waals surface area contributed by atoms with Gasteiger partial charge in [-0.3, -0.25) is 0 Å². The molecule has 2 rings (SSSR count). The first-order chi connectivity index (χ1) is 11.0. The van der Waals surface area contributed by atoms with Crippen molar-refractivity contribution in [3.8, 4) is 0 Å². The smallest absolute Gasteiger partial charge is 0.191 e. The van der Waals surface area contributed by atoms with Crippen LogP contribution in [-0.4, -0.2) is 23.5 Å². The summed E-state index contributed by atoms with van der Waals surface area (Å²) in [5.74, 6) is 0.874. The second-order valence-corrected chi connectivity index (χ2v) is 8.36. The highest BCUT2D eigenvalue weighted by atomic mass is 32.1. The molecule has 0 saturated carbocycles. The molecule has 23 heavy (non-hydrogen) atoms. The van der Waals surface area contributed by atoms with Crippen molar-refractivity contribution in [1.82, 2.24) is 15.6 Å². The summed E-state index contributed by atoms with van der Waals surface area (Å²) in [6.07, 6.45) is 1.02. The van der Waals surface area contributed by atoms with Crippen LogP contribution in [0.1, 0.15) is 39.2 Å². The summed E-state index contributed by atoms with van der Waals surface area (Å²) in [6, 6.07) is 4.74. The number of nitrogens with zero attached hydrogens (tertiary/aromatic N) is 2. The van der Waals surface area contributed by atoms with Crippen LogP contribution >= 0.6 is 22.7 Å². The molecule has 0 aliphatic carbocycles. The SMILES string of the molecule is CCNC(=NCc1sc(C)nc1C)NC(C)Cc1ccc(C)s1. The number of hydrogen-bond donors (Lipinski definition) is 2. The highest BCUT2D eigenvalue weighted by Gasteiger charge is 2.09. The quantitative estimate of drug-likeness (QED) is 0.615. The van der Waals surface area contributed by atoms with Gasteiger partial charge < -0.3 is 10.6 Å². The first kappa shape index (κ1) is 17.9. The van der Waals surface area contributed by atoms with Crippen molar-refractivity contribution in [2.75, 3.05) is 6.54 Å². The zero-order valence-electron chi connectivity index (χ0n) is 14.6. The minimum Gasteiger partial charge on any atom is -0.357 e. The van der Waals surface area contributed by atoms with Gasteiger partial charge in [0.1, 0.15) is 0 Å². The van der Waals surface area contributed by atoms with Crippen LogP contribution in [0.4, 0.5) is 0 Å². The summed E-state index contributed by atoms with van der Waals surface area (Å²) in [6.45, 7) is 12.1. The molecule has 1 unspecified atom stereocenters. The lowest BCUT2D eigenvalue weighted by molar-refractivity contribution is 0.645. The Balaban J connectivity index is 1.96. The van der Waals surface area contributed by atoms with Crippen molar-refractivity contribution >= 4 is 28.6 Å². The van der Waals surface area contributed by atoms with Crippen molar-refractivity contribution in [3.63, 3.8) is 0 Å². The van der Waals surface area contributed by atoms with E-state index in [0.717, 1.165) is 29.6 Å². The number of hydrogen-bond acceptors (Lipinski definition) is 4. The molecule has 0 saturated heterocycles. The zero-order valence-corrected chi connectivity index (χ0v) is 16.2. The lowest BCUT2D eigenvalue weighted by Gasteiger charge is -2.17. The maximum absolute atomic E-state index is 4.71. The summed E-state index contributed by atoms with van der Waals surface area (Å²) in [5.41, 5.74) is 1.09. The summed E-state index contributed by atoms with van der Waals surface area (Å²) in [5, 5.41) is 7.93. The molecule has 0 aliphatic heterocycles. The molecule has 2 N–H and O–H groups in total. The van der Waals surface area contributed by atoms with Crippen LogP contribution in [0.5, 0.6) is 0 Å². The molecule has 0 amide bonds. The molecule has 126 valence electrons. The van der Waals surface area contributed by atoms with Gasteiger partial charge in [-0.25, -0.2) is 9.98 Å². The fourth-order valence-corrected chi connectivity index (χ4v) is 4.25. The molecule has 2 aromatic rings. The molecule has 0 fully saturated rings. The topological polar surface area (TPSA) is 49.3 Å². The normalized spacial score (nSPS) is 13.2. The molecule has 0 radical (unpaired) electrons. The molecule has 0 aromatic carbocycles. The highest BCUT2D eigenvalue weighted by molar-refractivity contribution is 7.12. The number of aryl methyl sites for hydroxylation is 3. The van der Waals surface area contributed by atoms with Gasteiger partial charge >= 0.3 is 0 Å². The number of aliphatic imine (C=N–C) groups is 1. The maximum atomic E-state index is 4.71. The molecular formula is C17H26N4S2. The molecule has 2 aromatic heterocycles. The van der Waals surface area contributed by atoms with E-state index < -0.39 is 0 Å². The van der Waals surface area contributed by atoms with Gasteiger partial charge in [0.25, 0.3) is 0 Å². The Kier molecular flexibility index (Phi) is 6.59. The Morgan fingerprint density at radius 2 is 2.04 bits per heavy atom. The highest BCUT2D eigenvalue weighted by Crippen LogP contribution is 2.18. The zero-order chi connectivity index (χ0) is 16.8. The monoisotopic (exact) mass is 350 g/mol. The second kappa shape index (κ2) is 8.45. The van der Waals surface area contributed by atoms with E-state index >= 15 is 0 Å². The van der Waals surface area contributed by atoms with Crippen LogP contribution in [-0.2, 0) is 13.0 Å². The Bertz CT molecular complexity index is 657. The van der Waals surface area contributed by atoms with E-state index in [2.05, 4.69) is 55.4 Å². The lowest BCUT2D eigenvalue weighted by Crippen LogP contribution is -2.43. The third kappa shape index (κ3) is 5.62. The van der Waals surface area contributed by atoms with Crippen molar-refractivity contribution in [2.45, 2.75) is 53.6 Å². The molecule has 6 heteroatoms. The second-order valence-electron chi connectivity index (χ2n) is 5.70. The molecule has 2 heterocycles. The number of nitrogens with one attached hydrogen (secondary N) is 2. The summed E-state index contributed by atoms with van der Waals surface area (Å²) < 4.78 is 0. The number of thiophene rings is 1. The van der Waals surface area contributed by atoms with E-state index in [1.807, 2.05) is 18.3 Å². The number of guanidine groups is 1. The van der Waals surface area contributed by atoms with E-state index in [9.17, 15) is 0 Å². The summed E-state index contributed by atoms with van der Waals surface area (Å²) in [4.78, 5) is 13.2. The lowest BCUT2D eigenvalue weighted by atomic mass is 10.2. The number of aromatic nitrogens is 1. The average Bonchev–Trinajstić information content (AvgIpc) is 3.01. The summed E-state index contributed by atoms with van der Waals surface area (Å²) in [7, 11) is 0. The van der Waals surface area contributed by atoms with E-state index in [4.69, 9.17) is 4.99 Å². The average molecular weight is 351 g/mol. The van der Waals surface area contributed by atoms with Crippen molar-refractivity contribution in [3.05, 3.63) is 37.5 Å². The Labute approximate surface area is 147 Å². The minimum atomic E-state index is 0.343. The largest absolute Gasteiger partial charge is 0.357 e. The van der Waals surface area contributed by atoms with Crippen molar-refractivity contribution in [2.24, 2.45) is 4.99 Å². The Morgan fingerprint density at radius 3 is 2.61 bits per heavy atom. The third-order valence-corrected chi connectivity index (χ3v) is 5.49. The molecular weight excluding hydrogens is 324 g/mol. The van der Waals surface area contributed by atoms with Gasteiger partial charge in [0.2, 0.25) is 0 Å². The van der Waals surface area contributed by atoms with E-state index in [1.165, 1.54) is 14.6 Å². The van der Waals surface area contributed by atoms with Crippen LogP contribution < -0.4 is 10.6 Å². The van der Waals surface area contributed by atoms with E-state index in [1.54, 1.807) is 11.3 Å². The minimum absolute atomic E-state index is 0.343. The molecule has 4 nitrogen and oxygen atoms in total.